The highest BCUT2D eigenvalue weighted by atomic mass is 32.1. The monoisotopic (exact) mass is 401 g/mol. The van der Waals surface area contributed by atoms with Gasteiger partial charge in [-0.2, -0.15) is 5.10 Å². The third-order valence-corrected chi connectivity index (χ3v) is 5.67. The number of halogens is 1. The lowest BCUT2D eigenvalue weighted by Gasteiger charge is -2.12. The molecule has 0 aliphatic rings. The van der Waals surface area contributed by atoms with E-state index in [1.807, 2.05) is 13.8 Å². The Morgan fingerprint density at radius 3 is 2.46 bits per heavy atom. The molecule has 0 saturated heterocycles. The molecule has 0 saturated carbocycles. The third-order valence-electron chi connectivity index (χ3n) is 4.67. The van der Waals surface area contributed by atoms with Crippen LogP contribution in [0.3, 0.4) is 0 Å². The number of carbonyl (C=O) groups is 1. The summed E-state index contributed by atoms with van der Waals surface area (Å²) in [6, 6.07) is 6.04. The van der Waals surface area contributed by atoms with Crippen LogP contribution in [0.1, 0.15) is 73.4 Å². The summed E-state index contributed by atoms with van der Waals surface area (Å²) in [5.74, 6) is -0.188. The number of nitrogens with zero attached hydrogens (tertiary/aromatic N) is 4. The van der Waals surface area contributed by atoms with Crippen LogP contribution in [0.4, 0.5) is 9.52 Å². The molecule has 2 aromatic heterocycles. The van der Waals surface area contributed by atoms with Gasteiger partial charge in [-0.3, -0.25) is 10.1 Å². The topological polar surface area (TPSA) is 72.7 Å². The van der Waals surface area contributed by atoms with E-state index < -0.39 is 0 Å². The van der Waals surface area contributed by atoms with Crippen LogP contribution in [0.25, 0.3) is 5.69 Å². The number of rotatable bonds is 7. The maximum Gasteiger partial charge on any atom is 0.260 e. The smallest absolute Gasteiger partial charge is 0.260 e. The fourth-order valence-corrected chi connectivity index (χ4v) is 4.13. The normalized spacial score (nSPS) is 11.4. The van der Waals surface area contributed by atoms with Gasteiger partial charge in [-0.25, -0.2) is 9.07 Å². The van der Waals surface area contributed by atoms with Gasteiger partial charge in [0.05, 0.1) is 23.1 Å². The molecular weight excluding hydrogens is 377 g/mol. The van der Waals surface area contributed by atoms with Crippen molar-refractivity contribution >= 4 is 22.4 Å². The summed E-state index contributed by atoms with van der Waals surface area (Å²) in [4.78, 5) is 12.9. The predicted molar refractivity (Wildman–Crippen MR) is 109 cm³/mol. The number of amides is 1. The van der Waals surface area contributed by atoms with E-state index in [2.05, 4.69) is 34.5 Å². The Hall–Kier alpha value is -2.61. The van der Waals surface area contributed by atoms with Crippen molar-refractivity contribution in [3.63, 3.8) is 0 Å². The molecule has 0 fully saturated rings. The Morgan fingerprint density at radius 2 is 1.86 bits per heavy atom. The fourth-order valence-electron chi connectivity index (χ4n) is 3.13. The van der Waals surface area contributed by atoms with Crippen molar-refractivity contribution in [3.05, 3.63) is 52.5 Å². The second kappa shape index (κ2) is 8.60. The van der Waals surface area contributed by atoms with E-state index in [4.69, 9.17) is 0 Å². The van der Waals surface area contributed by atoms with Gasteiger partial charge in [0.2, 0.25) is 5.13 Å². The molecule has 3 rings (SSSR count). The predicted octanol–water partition coefficient (Wildman–Crippen LogP) is 5.14. The molecule has 148 valence electrons. The van der Waals surface area contributed by atoms with Crippen LogP contribution in [0.15, 0.2) is 30.5 Å². The zero-order valence-electron chi connectivity index (χ0n) is 16.4. The van der Waals surface area contributed by atoms with Gasteiger partial charge < -0.3 is 0 Å². The lowest BCUT2D eigenvalue weighted by Crippen LogP contribution is -2.15. The minimum Gasteiger partial charge on any atom is -0.296 e. The highest BCUT2D eigenvalue weighted by Gasteiger charge is 2.22. The van der Waals surface area contributed by atoms with Crippen molar-refractivity contribution in [2.75, 3.05) is 5.32 Å². The number of anilines is 1. The summed E-state index contributed by atoms with van der Waals surface area (Å²) in [5, 5.41) is 17.0. The highest BCUT2D eigenvalue weighted by Crippen LogP contribution is 2.29. The van der Waals surface area contributed by atoms with Crippen LogP contribution < -0.4 is 5.32 Å². The number of hydrogen-bond acceptors (Lipinski definition) is 5. The van der Waals surface area contributed by atoms with Gasteiger partial charge in [0.15, 0.2) is 0 Å². The Labute approximate surface area is 167 Å². The first-order chi connectivity index (χ1) is 13.4. The van der Waals surface area contributed by atoms with E-state index in [1.54, 1.807) is 16.8 Å². The van der Waals surface area contributed by atoms with Crippen LogP contribution in [-0.2, 0) is 0 Å². The standard InChI is InChI=1S/C20H24FN5OS/c1-5-13(6-2)19-24-25-20(28-19)23-18(27)16-11-22-26(17(16)12(3)4)15-9-7-14(21)8-10-15/h7-13H,5-6H2,1-4H3,(H,23,25,27). The molecule has 0 radical (unpaired) electrons. The molecule has 3 aromatic rings. The van der Waals surface area contributed by atoms with E-state index >= 15 is 0 Å². The zero-order valence-corrected chi connectivity index (χ0v) is 17.3. The first kappa shape index (κ1) is 20.1. The van der Waals surface area contributed by atoms with Crippen molar-refractivity contribution in [3.8, 4) is 5.69 Å². The van der Waals surface area contributed by atoms with Gasteiger partial charge in [-0.1, -0.05) is 39.0 Å². The van der Waals surface area contributed by atoms with E-state index in [0.717, 1.165) is 23.5 Å². The minimum atomic E-state index is -0.315. The zero-order chi connectivity index (χ0) is 20.3. The van der Waals surface area contributed by atoms with Crippen molar-refractivity contribution in [2.45, 2.75) is 52.4 Å². The molecule has 0 atom stereocenters. The van der Waals surface area contributed by atoms with Gasteiger partial charge in [-0.15, -0.1) is 10.2 Å². The first-order valence-corrected chi connectivity index (χ1v) is 10.2. The summed E-state index contributed by atoms with van der Waals surface area (Å²) in [7, 11) is 0. The second-order valence-electron chi connectivity index (χ2n) is 6.90. The number of aromatic nitrogens is 4. The minimum absolute atomic E-state index is 0.0443. The van der Waals surface area contributed by atoms with Crippen molar-refractivity contribution < 1.29 is 9.18 Å². The molecule has 1 amide bonds. The van der Waals surface area contributed by atoms with Crippen LogP contribution in [0.5, 0.6) is 0 Å². The van der Waals surface area contributed by atoms with E-state index in [0.29, 0.717) is 22.3 Å². The van der Waals surface area contributed by atoms with Crippen molar-refractivity contribution in [1.29, 1.82) is 0 Å². The molecule has 2 heterocycles. The molecule has 0 unspecified atom stereocenters. The molecule has 1 aromatic carbocycles. The maximum atomic E-state index is 13.2. The molecule has 0 spiro atoms. The first-order valence-electron chi connectivity index (χ1n) is 9.43. The third kappa shape index (κ3) is 4.11. The summed E-state index contributed by atoms with van der Waals surface area (Å²) in [6.45, 7) is 8.22. The molecule has 8 heteroatoms. The van der Waals surface area contributed by atoms with Crippen LogP contribution >= 0.6 is 11.3 Å². The average Bonchev–Trinajstić information content (AvgIpc) is 3.31. The number of nitrogens with one attached hydrogen (secondary N) is 1. The van der Waals surface area contributed by atoms with Gasteiger partial charge in [0, 0.05) is 5.92 Å². The number of benzene rings is 1. The van der Waals surface area contributed by atoms with Crippen LogP contribution in [0.2, 0.25) is 0 Å². The lowest BCUT2D eigenvalue weighted by atomic mass is 10.1. The Balaban J connectivity index is 1.87. The van der Waals surface area contributed by atoms with Gasteiger partial charge in [-0.05, 0) is 43.0 Å². The van der Waals surface area contributed by atoms with E-state index in [-0.39, 0.29) is 17.6 Å². The summed E-state index contributed by atoms with van der Waals surface area (Å²) in [6.07, 6.45) is 3.51. The molecule has 28 heavy (non-hydrogen) atoms. The van der Waals surface area contributed by atoms with Gasteiger partial charge >= 0.3 is 0 Å². The van der Waals surface area contributed by atoms with Gasteiger partial charge in [0.25, 0.3) is 5.91 Å². The number of hydrogen-bond donors (Lipinski definition) is 1. The largest absolute Gasteiger partial charge is 0.296 e. The molecular formula is C20H24FN5OS. The molecule has 0 bridgehead atoms. The molecule has 1 N–H and O–H groups in total. The maximum absolute atomic E-state index is 13.2. The highest BCUT2D eigenvalue weighted by molar-refractivity contribution is 7.15. The fraction of sp³-hybridized carbons (Fsp3) is 0.400. The average molecular weight is 402 g/mol. The van der Waals surface area contributed by atoms with E-state index in [9.17, 15) is 9.18 Å². The number of carbonyl (C=O) groups excluding carboxylic acids is 1. The Kier molecular flexibility index (Phi) is 6.18. The lowest BCUT2D eigenvalue weighted by molar-refractivity contribution is 0.102. The summed E-state index contributed by atoms with van der Waals surface area (Å²) >= 11 is 1.41. The molecule has 0 aliphatic heterocycles. The SMILES string of the molecule is CCC(CC)c1nnc(NC(=O)c2cnn(-c3ccc(F)cc3)c2C(C)C)s1. The van der Waals surface area contributed by atoms with Crippen LogP contribution in [0, 0.1) is 5.82 Å². The summed E-state index contributed by atoms with van der Waals surface area (Å²) < 4.78 is 14.9. The van der Waals surface area contributed by atoms with Crippen LogP contribution in [-0.4, -0.2) is 25.9 Å². The molecule has 6 nitrogen and oxygen atoms in total. The Bertz CT molecular complexity index is 944. The van der Waals surface area contributed by atoms with Crippen molar-refractivity contribution in [1.82, 2.24) is 20.0 Å². The van der Waals surface area contributed by atoms with E-state index in [1.165, 1.54) is 29.7 Å². The van der Waals surface area contributed by atoms with Gasteiger partial charge in [0.1, 0.15) is 10.8 Å². The Morgan fingerprint density at radius 1 is 1.18 bits per heavy atom. The molecule has 0 aliphatic carbocycles. The second-order valence-corrected chi connectivity index (χ2v) is 7.91. The quantitative estimate of drug-likeness (QED) is 0.595. The summed E-state index contributed by atoms with van der Waals surface area (Å²) in [5.41, 5.74) is 1.93. The van der Waals surface area contributed by atoms with Crippen molar-refractivity contribution in [2.24, 2.45) is 0 Å².